The number of alkyl halides is 4. The molecule has 1 aliphatic carbocycles. The van der Waals surface area contributed by atoms with Crippen LogP contribution in [0.5, 0.6) is 0 Å². The molecule has 6 nitrogen and oxygen atoms in total. The third-order valence-corrected chi connectivity index (χ3v) is 6.79. The number of amides is 4. The lowest BCUT2D eigenvalue weighted by atomic mass is 9.92. The predicted octanol–water partition coefficient (Wildman–Crippen LogP) is 4.73. The Labute approximate surface area is 205 Å². The smallest absolute Gasteiger partial charge is 0.325 e. The van der Waals surface area contributed by atoms with Crippen molar-refractivity contribution in [2.24, 2.45) is 0 Å². The van der Waals surface area contributed by atoms with Crippen molar-refractivity contribution in [2.45, 2.75) is 43.8 Å². The second-order valence-corrected chi connectivity index (χ2v) is 9.41. The molecule has 3 atom stereocenters. The molecule has 2 aromatic rings. The summed E-state index contributed by atoms with van der Waals surface area (Å²) in [7, 11) is 0. The minimum absolute atomic E-state index is 0.199. The number of halogens is 6. The van der Waals surface area contributed by atoms with Crippen molar-refractivity contribution in [1.29, 1.82) is 0 Å². The molecule has 0 saturated carbocycles. The highest BCUT2D eigenvalue weighted by Crippen LogP contribution is 2.49. The van der Waals surface area contributed by atoms with Gasteiger partial charge in [0.1, 0.15) is 30.1 Å². The van der Waals surface area contributed by atoms with Gasteiger partial charge >= 0.3 is 12.2 Å². The molecule has 2 aliphatic rings. The van der Waals surface area contributed by atoms with Crippen LogP contribution in [-0.2, 0) is 21.7 Å². The molecule has 1 N–H and O–H groups in total. The molecule has 4 rings (SSSR count). The van der Waals surface area contributed by atoms with E-state index in [1.807, 2.05) is 0 Å². The summed E-state index contributed by atoms with van der Waals surface area (Å²) in [6.45, 7) is -0.734. The summed E-state index contributed by atoms with van der Waals surface area (Å²) in [4.78, 5) is 39.9. The quantitative estimate of drug-likeness (QED) is 0.425. The highest BCUT2D eigenvalue weighted by atomic mass is 79.9. The Morgan fingerprint density at radius 2 is 1.89 bits per heavy atom. The van der Waals surface area contributed by atoms with Crippen LogP contribution < -0.4 is 5.32 Å². The first-order valence-electron chi connectivity index (χ1n) is 10.5. The molecule has 35 heavy (non-hydrogen) atoms. The van der Waals surface area contributed by atoms with Crippen molar-refractivity contribution >= 4 is 33.8 Å². The van der Waals surface area contributed by atoms with E-state index in [0.29, 0.717) is 14.3 Å². The summed E-state index contributed by atoms with van der Waals surface area (Å²) in [5.74, 6) is -2.67. The lowest BCUT2D eigenvalue weighted by molar-refractivity contribution is -0.187. The molecule has 1 spiro atoms. The summed E-state index contributed by atoms with van der Waals surface area (Å²) >= 11 is 3.23. The molecular formula is C23H19BrF5N3O3. The Morgan fingerprint density at radius 3 is 2.51 bits per heavy atom. The molecule has 1 saturated heterocycles. The van der Waals surface area contributed by atoms with Crippen LogP contribution >= 0.6 is 15.9 Å². The summed E-state index contributed by atoms with van der Waals surface area (Å²) in [5.41, 5.74) is -1.09. The lowest BCUT2D eigenvalue weighted by Crippen LogP contribution is -2.51. The van der Waals surface area contributed by atoms with Gasteiger partial charge in [-0.2, -0.15) is 13.2 Å². The van der Waals surface area contributed by atoms with E-state index >= 15 is 0 Å². The summed E-state index contributed by atoms with van der Waals surface area (Å²) in [5, 5.41) is 2.44. The molecule has 1 fully saturated rings. The van der Waals surface area contributed by atoms with Crippen LogP contribution in [0.3, 0.4) is 0 Å². The van der Waals surface area contributed by atoms with E-state index < -0.39 is 67.1 Å². The second kappa shape index (κ2) is 8.89. The van der Waals surface area contributed by atoms with Crippen LogP contribution in [0.2, 0.25) is 0 Å². The standard InChI is InChI=1S/C23H19BrF5N3O3/c1-12(23(27,28)29)31(10-13-2-5-15(25)6-3-13)19(33)11-32-20(34)22(30-21(32)35)9-18(26)16-8-14(24)4-7-17(16)22/h2-8,12,18H,9-11H2,1H3,(H,30,35)/t12-,18?,22?/m0/s1. The number of fused-ring (bicyclic) bond motifs is 2. The van der Waals surface area contributed by atoms with E-state index in [2.05, 4.69) is 21.2 Å². The lowest BCUT2D eigenvalue weighted by Gasteiger charge is -2.32. The Kier molecular flexibility index (Phi) is 6.37. The van der Waals surface area contributed by atoms with Crippen molar-refractivity contribution in [2.75, 3.05) is 6.54 Å². The molecular weight excluding hydrogens is 541 g/mol. The summed E-state index contributed by atoms with van der Waals surface area (Å²) in [6.07, 6.45) is -6.76. The number of urea groups is 1. The Bertz CT molecular complexity index is 1190. The van der Waals surface area contributed by atoms with Gasteiger partial charge in [0.25, 0.3) is 5.91 Å². The maximum absolute atomic E-state index is 14.7. The molecule has 0 aromatic heterocycles. The van der Waals surface area contributed by atoms with Crippen molar-refractivity contribution < 1.29 is 36.3 Å². The zero-order valence-electron chi connectivity index (χ0n) is 18.2. The van der Waals surface area contributed by atoms with Crippen molar-refractivity contribution in [3.05, 3.63) is 69.4 Å². The number of hydrogen-bond acceptors (Lipinski definition) is 3. The number of imide groups is 1. The van der Waals surface area contributed by atoms with Gasteiger partial charge in [-0.15, -0.1) is 0 Å². The topological polar surface area (TPSA) is 69.7 Å². The van der Waals surface area contributed by atoms with Gasteiger partial charge in [-0.3, -0.25) is 14.5 Å². The number of benzene rings is 2. The Morgan fingerprint density at radius 1 is 1.23 bits per heavy atom. The molecule has 1 heterocycles. The fourth-order valence-corrected chi connectivity index (χ4v) is 4.77. The molecule has 12 heteroatoms. The first-order valence-corrected chi connectivity index (χ1v) is 11.3. The number of carbonyl (C=O) groups is 3. The molecule has 1 aliphatic heterocycles. The SMILES string of the molecule is C[C@H](N(Cc1ccc(F)cc1)C(=O)CN1C(=O)NC2(CC(F)c3cc(Br)ccc32)C1=O)C(F)(F)F. The van der Waals surface area contributed by atoms with Gasteiger partial charge in [0.05, 0.1) is 0 Å². The maximum atomic E-state index is 14.7. The molecule has 2 aromatic carbocycles. The highest BCUT2D eigenvalue weighted by molar-refractivity contribution is 9.10. The van der Waals surface area contributed by atoms with Crippen molar-refractivity contribution in [3.63, 3.8) is 0 Å². The Balaban J connectivity index is 1.60. The number of nitrogens with zero attached hydrogens (tertiary/aromatic N) is 2. The van der Waals surface area contributed by atoms with E-state index in [1.54, 1.807) is 6.07 Å². The van der Waals surface area contributed by atoms with Crippen LogP contribution in [0.25, 0.3) is 0 Å². The highest BCUT2D eigenvalue weighted by Gasteiger charge is 2.58. The molecule has 4 amide bonds. The zero-order valence-corrected chi connectivity index (χ0v) is 19.8. The van der Waals surface area contributed by atoms with Crippen LogP contribution in [0, 0.1) is 5.82 Å². The van der Waals surface area contributed by atoms with Crippen LogP contribution in [0.15, 0.2) is 46.9 Å². The van der Waals surface area contributed by atoms with Gasteiger partial charge < -0.3 is 10.2 Å². The predicted molar refractivity (Wildman–Crippen MR) is 117 cm³/mol. The van der Waals surface area contributed by atoms with Crippen molar-refractivity contribution in [3.8, 4) is 0 Å². The average Bonchev–Trinajstić information content (AvgIpc) is 3.19. The van der Waals surface area contributed by atoms with Crippen LogP contribution in [0.1, 0.15) is 36.2 Å². The van der Waals surface area contributed by atoms with Crippen molar-refractivity contribution in [1.82, 2.24) is 15.1 Å². The normalized spacial score (nSPS) is 22.4. The average molecular weight is 560 g/mol. The number of rotatable bonds is 5. The number of nitrogens with one attached hydrogen (secondary N) is 1. The third-order valence-electron chi connectivity index (χ3n) is 6.29. The van der Waals surface area contributed by atoms with Crippen LogP contribution in [0.4, 0.5) is 26.7 Å². The zero-order chi connectivity index (χ0) is 25.7. The molecule has 186 valence electrons. The fraction of sp³-hybridized carbons (Fsp3) is 0.348. The third kappa shape index (κ3) is 4.51. The van der Waals surface area contributed by atoms with E-state index in [-0.39, 0.29) is 16.7 Å². The van der Waals surface area contributed by atoms with E-state index in [9.17, 15) is 36.3 Å². The minimum Gasteiger partial charge on any atom is -0.325 e. The van der Waals surface area contributed by atoms with Gasteiger partial charge in [0, 0.05) is 17.4 Å². The molecule has 2 unspecified atom stereocenters. The van der Waals surface area contributed by atoms with Gasteiger partial charge in [-0.1, -0.05) is 34.1 Å². The monoisotopic (exact) mass is 559 g/mol. The van der Waals surface area contributed by atoms with Gasteiger partial charge in [-0.25, -0.2) is 13.6 Å². The maximum Gasteiger partial charge on any atom is 0.408 e. The van der Waals surface area contributed by atoms with E-state index in [0.717, 1.165) is 19.1 Å². The van der Waals surface area contributed by atoms with Crippen LogP contribution in [-0.4, -0.2) is 46.4 Å². The number of hydrogen-bond donors (Lipinski definition) is 1. The molecule has 0 radical (unpaired) electrons. The minimum atomic E-state index is -4.80. The number of carbonyl (C=O) groups excluding carboxylic acids is 3. The summed E-state index contributed by atoms with van der Waals surface area (Å²) < 4.78 is 69.1. The summed E-state index contributed by atoms with van der Waals surface area (Å²) in [6, 6.07) is 5.82. The first kappa shape index (κ1) is 25.1. The fourth-order valence-electron chi connectivity index (χ4n) is 4.39. The van der Waals surface area contributed by atoms with E-state index in [1.165, 1.54) is 24.3 Å². The second-order valence-electron chi connectivity index (χ2n) is 8.50. The largest absolute Gasteiger partial charge is 0.408 e. The first-order chi connectivity index (χ1) is 16.3. The van der Waals surface area contributed by atoms with Gasteiger partial charge in [-0.05, 0) is 47.9 Å². The van der Waals surface area contributed by atoms with E-state index in [4.69, 9.17) is 0 Å². The Hall–Kier alpha value is -3.02. The molecule has 0 bridgehead atoms. The van der Waals surface area contributed by atoms with Gasteiger partial charge in [0.15, 0.2) is 0 Å². The van der Waals surface area contributed by atoms with Gasteiger partial charge in [0.2, 0.25) is 5.91 Å².